The van der Waals surface area contributed by atoms with Crippen molar-refractivity contribution in [3.63, 3.8) is 0 Å². The summed E-state index contributed by atoms with van der Waals surface area (Å²) in [5.41, 5.74) is 1.98. The van der Waals surface area contributed by atoms with E-state index < -0.39 is 5.56 Å². The Kier molecular flexibility index (Phi) is 6.29. The largest absolute Gasteiger partial charge is 0.508 e. The van der Waals surface area contributed by atoms with Crippen LogP contribution in [0.2, 0.25) is 0 Å². The van der Waals surface area contributed by atoms with E-state index in [-0.39, 0.29) is 27.2 Å². The van der Waals surface area contributed by atoms with Gasteiger partial charge >= 0.3 is 0 Å². The van der Waals surface area contributed by atoms with Crippen LogP contribution in [-0.2, 0) is 6.54 Å². The highest BCUT2D eigenvalue weighted by Gasteiger charge is 2.26. The van der Waals surface area contributed by atoms with Gasteiger partial charge in [-0.3, -0.25) is 19.3 Å². The molecule has 160 valence electrons. The number of aliphatic imine (C=N–C) groups is 1. The summed E-state index contributed by atoms with van der Waals surface area (Å²) in [6.07, 6.45) is 2.20. The number of rotatable bonds is 5. The average molecular weight is 454 g/mol. The van der Waals surface area contributed by atoms with Gasteiger partial charge in [0.2, 0.25) is 5.88 Å². The quantitative estimate of drug-likeness (QED) is 0.445. The second-order valence-corrected chi connectivity index (χ2v) is 9.02. The molecule has 0 bridgehead atoms. The number of aromatic hydroxyl groups is 2. The van der Waals surface area contributed by atoms with Crippen LogP contribution in [0.4, 0.5) is 5.69 Å². The van der Waals surface area contributed by atoms with Gasteiger partial charge in [0.05, 0.1) is 11.4 Å². The summed E-state index contributed by atoms with van der Waals surface area (Å²) in [7, 11) is 0. The summed E-state index contributed by atoms with van der Waals surface area (Å²) in [6, 6.07) is 14.8. The van der Waals surface area contributed by atoms with Gasteiger partial charge in [-0.25, -0.2) is 0 Å². The van der Waals surface area contributed by atoms with Crippen molar-refractivity contribution >= 4 is 35.4 Å². The highest BCUT2D eigenvalue weighted by atomic mass is 32.2. The molecule has 4 rings (SSSR count). The lowest BCUT2D eigenvalue weighted by molar-refractivity contribution is 0.398. The number of nitrogens with one attached hydrogen (secondary N) is 1. The van der Waals surface area contributed by atoms with Gasteiger partial charge < -0.3 is 10.2 Å². The number of aromatic nitrogens is 2. The molecule has 1 atom stereocenters. The highest BCUT2D eigenvalue weighted by Crippen LogP contribution is 2.45. The highest BCUT2D eigenvalue weighted by molar-refractivity contribution is 7.99. The summed E-state index contributed by atoms with van der Waals surface area (Å²) in [5.74, 6) is 0.0542. The van der Waals surface area contributed by atoms with E-state index in [1.165, 1.54) is 0 Å². The van der Waals surface area contributed by atoms with Gasteiger partial charge in [0.25, 0.3) is 5.56 Å². The fraction of sp³-hybridized carbons (Fsp3) is 0.261. The lowest BCUT2D eigenvalue weighted by atomic mass is 10.0. The molecule has 1 aromatic heterocycles. The summed E-state index contributed by atoms with van der Waals surface area (Å²) >= 11 is 6.93. The zero-order valence-corrected chi connectivity index (χ0v) is 18.7. The molecule has 0 saturated carbocycles. The second kappa shape index (κ2) is 9.11. The zero-order valence-electron chi connectivity index (χ0n) is 17.0. The molecule has 3 aromatic rings. The Morgan fingerprint density at radius 2 is 1.94 bits per heavy atom. The van der Waals surface area contributed by atoms with Gasteiger partial charge in [-0.05, 0) is 48.5 Å². The van der Waals surface area contributed by atoms with Crippen LogP contribution in [0.1, 0.15) is 42.6 Å². The van der Waals surface area contributed by atoms with Crippen LogP contribution in [0.25, 0.3) is 0 Å². The van der Waals surface area contributed by atoms with Gasteiger partial charge in [0.15, 0.2) is 4.77 Å². The van der Waals surface area contributed by atoms with Crippen molar-refractivity contribution < 1.29 is 10.2 Å². The zero-order chi connectivity index (χ0) is 22.0. The van der Waals surface area contributed by atoms with Gasteiger partial charge in [-0.15, -0.1) is 11.8 Å². The Bertz CT molecular complexity index is 1250. The number of hydrogen-bond donors (Lipinski definition) is 3. The second-order valence-electron chi connectivity index (χ2n) is 7.39. The van der Waals surface area contributed by atoms with E-state index in [2.05, 4.69) is 11.9 Å². The normalized spacial score (nSPS) is 15.8. The summed E-state index contributed by atoms with van der Waals surface area (Å²) in [4.78, 5) is 21.4. The average Bonchev–Trinajstić information content (AvgIpc) is 2.93. The smallest absolute Gasteiger partial charge is 0.264 e. The van der Waals surface area contributed by atoms with E-state index >= 15 is 0 Å². The minimum Gasteiger partial charge on any atom is -0.508 e. The first-order chi connectivity index (χ1) is 15.0. The van der Waals surface area contributed by atoms with Crippen LogP contribution in [0.5, 0.6) is 11.6 Å². The first-order valence-electron chi connectivity index (χ1n) is 10.2. The Balaban J connectivity index is 1.87. The standard InChI is InChI=1S/C23H23N3O3S2/c1-2-3-12-26-22(29)20(21(28)25-23(26)30)17-13-19(14-8-10-15(27)11-9-14)31-18-7-5-4-6-16(18)24-17/h4-11,19,27,29H,2-3,12-13H2,1H3,(H,25,28,30)/t19-/m1/s1. The van der Waals surface area contributed by atoms with E-state index in [9.17, 15) is 15.0 Å². The molecule has 0 unspecified atom stereocenters. The number of phenolic OH excluding ortho intramolecular Hbond substituents is 1. The Morgan fingerprint density at radius 3 is 2.68 bits per heavy atom. The van der Waals surface area contributed by atoms with Crippen LogP contribution < -0.4 is 5.56 Å². The molecule has 8 heteroatoms. The molecular formula is C23H23N3O3S2. The van der Waals surface area contributed by atoms with Crippen LogP contribution in [0, 0.1) is 4.77 Å². The summed E-state index contributed by atoms with van der Waals surface area (Å²) in [5, 5.41) is 20.6. The molecule has 0 saturated heterocycles. The van der Waals surface area contributed by atoms with Gasteiger partial charge in [0.1, 0.15) is 11.3 Å². The third kappa shape index (κ3) is 4.45. The van der Waals surface area contributed by atoms with E-state index in [4.69, 9.17) is 17.2 Å². The number of para-hydroxylation sites is 1. The van der Waals surface area contributed by atoms with E-state index in [1.54, 1.807) is 28.5 Å². The molecule has 1 aliphatic heterocycles. The van der Waals surface area contributed by atoms with Crippen LogP contribution in [0.15, 0.2) is 63.2 Å². The number of aromatic amines is 1. The Hall–Kier alpha value is -2.84. The van der Waals surface area contributed by atoms with Crippen LogP contribution >= 0.6 is 24.0 Å². The number of unbranched alkanes of at least 4 members (excludes halogenated alkanes) is 1. The molecule has 2 aromatic carbocycles. The predicted molar refractivity (Wildman–Crippen MR) is 126 cm³/mol. The first kappa shape index (κ1) is 21.4. The molecule has 6 nitrogen and oxygen atoms in total. The molecule has 1 aliphatic rings. The number of hydrogen-bond acceptors (Lipinski definition) is 6. The monoisotopic (exact) mass is 453 g/mol. The molecule has 0 spiro atoms. The van der Waals surface area contributed by atoms with Gasteiger partial charge in [0, 0.05) is 23.1 Å². The van der Waals surface area contributed by atoms with Crippen LogP contribution in [-0.4, -0.2) is 25.5 Å². The van der Waals surface area contributed by atoms with Crippen molar-refractivity contribution in [3.8, 4) is 11.6 Å². The summed E-state index contributed by atoms with van der Waals surface area (Å²) in [6.45, 7) is 2.57. The number of nitrogens with zero attached hydrogens (tertiary/aromatic N) is 2. The minimum absolute atomic E-state index is 0.0472. The topological polar surface area (TPSA) is 90.6 Å². The van der Waals surface area contributed by atoms with Crippen molar-refractivity contribution in [1.29, 1.82) is 0 Å². The first-order valence-corrected chi connectivity index (χ1v) is 11.5. The maximum Gasteiger partial charge on any atom is 0.264 e. The molecule has 0 radical (unpaired) electrons. The van der Waals surface area contributed by atoms with Crippen LogP contribution in [0.3, 0.4) is 0 Å². The fourth-order valence-electron chi connectivity index (χ4n) is 3.59. The lowest BCUT2D eigenvalue weighted by Gasteiger charge is -2.17. The molecule has 3 N–H and O–H groups in total. The molecule has 0 aliphatic carbocycles. The summed E-state index contributed by atoms with van der Waals surface area (Å²) < 4.78 is 1.77. The number of H-pyrrole nitrogens is 1. The molecule has 2 heterocycles. The van der Waals surface area contributed by atoms with E-state index in [1.807, 2.05) is 36.4 Å². The van der Waals surface area contributed by atoms with Crippen molar-refractivity contribution in [2.45, 2.75) is 42.9 Å². The Labute approximate surface area is 189 Å². The van der Waals surface area contributed by atoms with Crippen molar-refractivity contribution in [2.75, 3.05) is 0 Å². The third-order valence-corrected chi connectivity index (χ3v) is 6.87. The molecule has 0 fully saturated rings. The minimum atomic E-state index is -0.442. The maximum absolute atomic E-state index is 12.9. The number of phenols is 1. The molecular weight excluding hydrogens is 430 g/mol. The van der Waals surface area contributed by atoms with E-state index in [0.29, 0.717) is 18.7 Å². The SMILES string of the molecule is CCCCn1c(O)c(C2=Nc3ccccc3S[C@@H](c3ccc(O)cc3)C2)c(=O)[nH]c1=S. The van der Waals surface area contributed by atoms with Crippen molar-refractivity contribution in [3.05, 3.63) is 74.8 Å². The molecule has 31 heavy (non-hydrogen) atoms. The van der Waals surface area contributed by atoms with Gasteiger partial charge in [-0.2, -0.15) is 0 Å². The third-order valence-electron chi connectivity index (χ3n) is 5.23. The van der Waals surface area contributed by atoms with Crippen molar-refractivity contribution in [1.82, 2.24) is 9.55 Å². The number of benzene rings is 2. The number of fused-ring (bicyclic) bond motifs is 1. The predicted octanol–water partition coefficient (Wildman–Crippen LogP) is 5.48. The fourth-order valence-corrected chi connectivity index (χ4v) is 5.09. The lowest BCUT2D eigenvalue weighted by Crippen LogP contribution is -2.24. The van der Waals surface area contributed by atoms with E-state index in [0.717, 1.165) is 29.0 Å². The van der Waals surface area contributed by atoms with Crippen molar-refractivity contribution in [2.24, 2.45) is 4.99 Å². The Morgan fingerprint density at radius 1 is 1.19 bits per heavy atom. The molecule has 0 amide bonds. The maximum atomic E-state index is 12.9. The van der Waals surface area contributed by atoms with Gasteiger partial charge in [-0.1, -0.05) is 37.6 Å². The number of thioether (sulfide) groups is 1.